The summed E-state index contributed by atoms with van der Waals surface area (Å²) in [6.07, 6.45) is 2.46. The minimum atomic E-state index is -3.80. The predicted molar refractivity (Wildman–Crippen MR) is 124 cm³/mol. The Labute approximate surface area is 200 Å². The van der Waals surface area contributed by atoms with Crippen LogP contribution in [0.4, 0.5) is 0 Å². The van der Waals surface area contributed by atoms with Crippen molar-refractivity contribution in [2.24, 2.45) is 5.92 Å². The fourth-order valence-corrected chi connectivity index (χ4v) is 5.29. The van der Waals surface area contributed by atoms with Crippen LogP contribution in [0.2, 0.25) is 0 Å². The summed E-state index contributed by atoms with van der Waals surface area (Å²) in [5, 5.41) is 0. The molecule has 12 heteroatoms. The zero-order valence-corrected chi connectivity index (χ0v) is 21.0. The van der Waals surface area contributed by atoms with Crippen LogP contribution < -0.4 is 5.56 Å². The van der Waals surface area contributed by atoms with Crippen LogP contribution in [0.5, 0.6) is 0 Å². The van der Waals surface area contributed by atoms with Gasteiger partial charge in [-0.25, -0.2) is 8.42 Å². The van der Waals surface area contributed by atoms with Gasteiger partial charge in [0.15, 0.2) is 0 Å². The second-order valence-corrected chi connectivity index (χ2v) is 10.0. The predicted octanol–water partition coefficient (Wildman–Crippen LogP) is 0.139. The van der Waals surface area contributed by atoms with Gasteiger partial charge in [0.1, 0.15) is 6.54 Å². The third kappa shape index (κ3) is 6.66. The van der Waals surface area contributed by atoms with Gasteiger partial charge in [-0.2, -0.15) is 4.31 Å². The number of hydrogen-bond acceptors (Lipinski definition) is 7. The Bertz CT molecular complexity index is 1050. The van der Waals surface area contributed by atoms with Gasteiger partial charge in [0.25, 0.3) is 5.56 Å². The maximum absolute atomic E-state index is 12.7. The molecule has 2 rings (SSSR count). The van der Waals surface area contributed by atoms with Crippen molar-refractivity contribution in [3.63, 3.8) is 0 Å². The highest BCUT2D eigenvalue weighted by atomic mass is 32.2. The molecule has 0 aliphatic carbocycles. The molecule has 2 heterocycles. The maximum atomic E-state index is 12.7. The van der Waals surface area contributed by atoms with E-state index in [1.807, 2.05) is 0 Å². The fraction of sp³-hybridized carbons (Fsp3) is 0.636. The molecular formula is C22H34N4O7S. The first kappa shape index (κ1) is 27.5. The van der Waals surface area contributed by atoms with Crippen molar-refractivity contribution >= 4 is 27.8 Å². The normalized spacial score (nSPS) is 16.4. The van der Waals surface area contributed by atoms with Gasteiger partial charge in [-0.05, 0) is 25.8 Å². The molecule has 1 aliphatic heterocycles. The summed E-state index contributed by atoms with van der Waals surface area (Å²) in [6.45, 7) is 6.07. The van der Waals surface area contributed by atoms with Gasteiger partial charge in [0.2, 0.25) is 21.8 Å². The molecule has 190 valence electrons. The van der Waals surface area contributed by atoms with Gasteiger partial charge in [-0.1, -0.05) is 13.8 Å². The lowest BCUT2D eigenvalue weighted by Gasteiger charge is -2.32. The van der Waals surface area contributed by atoms with Crippen LogP contribution in [-0.4, -0.2) is 91.3 Å². The van der Waals surface area contributed by atoms with Crippen LogP contribution >= 0.6 is 0 Å². The van der Waals surface area contributed by atoms with E-state index in [1.54, 1.807) is 20.8 Å². The molecule has 1 atom stereocenters. The van der Waals surface area contributed by atoms with E-state index in [4.69, 9.17) is 4.74 Å². The summed E-state index contributed by atoms with van der Waals surface area (Å²) in [5.74, 6) is -1.54. The molecule has 34 heavy (non-hydrogen) atoms. The molecule has 0 N–H and O–H groups in total. The minimum absolute atomic E-state index is 0.0827. The van der Waals surface area contributed by atoms with E-state index in [0.717, 1.165) is 16.8 Å². The number of hydrogen-bond donors (Lipinski definition) is 0. The number of aromatic nitrogens is 1. The lowest BCUT2D eigenvalue weighted by Crippen LogP contribution is -2.47. The zero-order valence-electron chi connectivity index (χ0n) is 20.2. The van der Waals surface area contributed by atoms with Crippen molar-refractivity contribution in [1.29, 1.82) is 0 Å². The molecule has 1 fully saturated rings. The van der Waals surface area contributed by atoms with E-state index in [2.05, 4.69) is 0 Å². The number of pyridine rings is 1. The molecule has 0 radical (unpaired) electrons. The monoisotopic (exact) mass is 498 g/mol. The lowest BCUT2D eigenvalue weighted by atomic mass is 9.98. The van der Waals surface area contributed by atoms with Gasteiger partial charge < -0.3 is 19.1 Å². The van der Waals surface area contributed by atoms with E-state index in [9.17, 15) is 27.6 Å². The highest BCUT2D eigenvalue weighted by Gasteiger charge is 2.30. The molecule has 1 aromatic heterocycles. The molecule has 1 saturated heterocycles. The topological polar surface area (TPSA) is 126 Å². The van der Waals surface area contributed by atoms with E-state index in [0.29, 0.717) is 19.4 Å². The molecule has 0 aromatic carbocycles. The molecular weight excluding hydrogens is 464 g/mol. The summed E-state index contributed by atoms with van der Waals surface area (Å²) in [4.78, 5) is 52.3. The van der Waals surface area contributed by atoms with Gasteiger partial charge >= 0.3 is 5.97 Å². The molecule has 1 unspecified atom stereocenters. The largest absolute Gasteiger partial charge is 0.466 e. The number of ether oxygens (including phenoxy) is 1. The number of esters is 1. The zero-order chi connectivity index (χ0) is 25.5. The Morgan fingerprint density at radius 3 is 2.44 bits per heavy atom. The number of sulfonamides is 1. The number of likely N-dealkylation sites (N-methyl/N-ethyl adjacent to an activating group) is 1. The van der Waals surface area contributed by atoms with E-state index in [-0.39, 0.29) is 55.5 Å². The molecule has 0 spiro atoms. The van der Waals surface area contributed by atoms with Gasteiger partial charge in [0.05, 0.1) is 24.0 Å². The van der Waals surface area contributed by atoms with Crippen LogP contribution in [0, 0.1) is 5.92 Å². The number of nitrogens with zero attached hydrogens (tertiary/aromatic N) is 4. The van der Waals surface area contributed by atoms with Crippen LogP contribution in [0.25, 0.3) is 0 Å². The highest BCUT2D eigenvalue weighted by molar-refractivity contribution is 7.89. The van der Waals surface area contributed by atoms with Crippen molar-refractivity contribution in [3.8, 4) is 0 Å². The van der Waals surface area contributed by atoms with Gasteiger partial charge in [-0.15, -0.1) is 0 Å². The first-order valence-corrected chi connectivity index (χ1v) is 12.9. The second kappa shape index (κ2) is 12.1. The number of carbonyl (C=O) groups excluding carboxylic acids is 3. The number of carbonyl (C=O) groups is 3. The van der Waals surface area contributed by atoms with Gasteiger partial charge in [-0.3, -0.25) is 19.2 Å². The van der Waals surface area contributed by atoms with Crippen LogP contribution in [-0.2, 0) is 35.7 Å². The summed E-state index contributed by atoms with van der Waals surface area (Å²) in [6, 6.07) is 2.33. The van der Waals surface area contributed by atoms with Gasteiger partial charge in [0, 0.05) is 45.5 Å². The number of likely N-dealkylation sites (tertiary alicyclic amines) is 1. The molecule has 2 amide bonds. The second-order valence-electron chi connectivity index (χ2n) is 8.10. The van der Waals surface area contributed by atoms with E-state index >= 15 is 0 Å². The van der Waals surface area contributed by atoms with Crippen LogP contribution in [0.15, 0.2) is 28.0 Å². The van der Waals surface area contributed by atoms with Crippen molar-refractivity contribution in [1.82, 2.24) is 18.7 Å². The summed E-state index contributed by atoms with van der Waals surface area (Å²) >= 11 is 0. The Balaban J connectivity index is 2.06. The number of amides is 2. The summed E-state index contributed by atoms with van der Waals surface area (Å²) in [7, 11) is -2.36. The fourth-order valence-electron chi connectivity index (χ4n) is 3.81. The highest BCUT2D eigenvalue weighted by Crippen LogP contribution is 2.18. The van der Waals surface area contributed by atoms with E-state index < -0.39 is 28.0 Å². The van der Waals surface area contributed by atoms with Crippen molar-refractivity contribution in [3.05, 3.63) is 28.7 Å². The third-order valence-corrected chi connectivity index (χ3v) is 7.83. The van der Waals surface area contributed by atoms with Crippen molar-refractivity contribution in [2.75, 3.05) is 46.4 Å². The number of piperidine rings is 1. The lowest BCUT2D eigenvalue weighted by molar-refractivity contribution is -0.152. The molecule has 0 bridgehead atoms. The Morgan fingerprint density at radius 1 is 1.15 bits per heavy atom. The Hall–Kier alpha value is -2.73. The molecule has 11 nitrogen and oxygen atoms in total. The third-order valence-electron chi connectivity index (χ3n) is 5.80. The molecule has 1 aromatic rings. The quantitative estimate of drug-likeness (QED) is 0.420. The first-order chi connectivity index (χ1) is 16.0. The van der Waals surface area contributed by atoms with Crippen LogP contribution in [0.1, 0.15) is 33.6 Å². The van der Waals surface area contributed by atoms with E-state index in [1.165, 1.54) is 27.2 Å². The minimum Gasteiger partial charge on any atom is -0.466 e. The first-order valence-electron chi connectivity index (χ1n) is 11.4. The maximum Gasteiger partial charge on any atom is 0.310 e. The van der Waals surface area contributed by atoms with Crippen molar-refractivity contribution in [2.45, 2.75) is 45.1 Å². The average molecular weight is 499 g/mol. The Morgan fingerprint density at radius 2 is 1.82 bits per heavy atom. The average Bonchev–Trinajstić information content (AvgIpc) is 2.81. The summed E-state index contributed by atoms with van der Waals surface area (Å²) < 4.78 is 32.8. The molecule has 1 aliphatic rings. The standard InChI is InChI=1S/C22H34N4O7S/c1-5-26(6-2)34(31,32)18-10-11-19(27)25(14-18)16-20(28)23(4)15-21(29)24-12-8-9-17(13-24)22(30)33-7-3/h10-11,14,17H,5-9,12-13,15-16H2,1-4H3. The number of rotatable bonds is 10. The Kier molecular flexibility index (Phi) is 9.80. The SMILES string of the molecule is CCOC(=O)C1CCCN(C(=O)CN(C)C(=O)Cn2cc(S(=O)(=O)N(CC)CC)ccc2=O)C1. The molecule has 0 saturated carbocycles. The van der Waals surface area contributed by atoms with Crippen LogP contribution in [0.3, 0.4) is 0 Å². The summed E-state index contributed by atoms with van der Waals surface area (Å²) in [5.41, 5.74) is -0.528. The van der Waals surface area contributed by atoms with Crippen molar-refractivity contribution < 1.29 is 27.5 Å². The smallest absolute Gasteiger partial charge is 0.310 e.